The number of amides is 2. The number of benzene rings is 1. The molecule has 1 aromatic rings. The van der Waals surface area contributed by atoms with Gasteiger partial charge in [-0.3, -0.25) is 9.59 Å². The van der Waals surface area contributed by atoms with Crippen LogP contribution >= 0.6 is 0 Å². The van der Waals surface area contributed by atoms with Gasteiger partial charge in [-0.1, -0.05) is 25.7 Å². The zero-order chi connectivity index (χ0) is 29.5. The largest absolute Gasteiger partial charge is 0.493 e. The van der Waals surface area contributed by atoms with E-state index in [0.717, 1.165) is 19.3 Å². The number of carbonyl (C=O) groups is 2. The molecule has 10 heteroatoms. The van der Waals surface area contributed by atoms with Crippen molar-refractivity contribution in [2.24, 2.45) is 5.92 Å². The van der Waals surface area contributed by atoms with Gasteiger partial charge in [0.2, 0.25) is 11.8 Å². The molecule has 10 nitrogen and oxygen atoms in total. The van der Waals surface area contributed by atoms with Gasteiger partial charge < -0.3 is 39.7 Å². The maximum atomic E-state index is 13.7. The second kappa shape index (κ2) is 14.5. The third-order valence-corrected chi connectivity index (χ3v) is 8.41. The lowest BCUT2D eigenvalue weighted by Gasteiger charge is -2.41. The highest BCUT2D eigenvalue weighted by atomic mass is 16.5. The van der Waals surface area contributed by atoms with E-state index in [1.165, 1.54) is 20.0 Å². The van der Waals surface area contributed by atoms with E-state index in [1.54, 1.807) is 23.1 Å². The highest BCUT2D eigenvalue weighted by Crippen LogP contribution is 2.51. The van der Waals surface area contributed by atoms with E-state index < -0.39 is 30.1 Å². The summed E-state index contributed by atoms with van der Waals surface area (Å²) in [5, 5.41) is 33.7. The van der Waals surface area contributed by atoms with Gasteiger partial charge in [-0.2, -0.15) is 0 Å². The van der Waals surface area contributed by atoms with Crippen LogP contribution in [0, 0.1) is 5.92 Å². The van der Waals surface area contributed by atoms with Gasteiger partial charge in [0.15, 0.2) is 11.5 Å². The molecule has 4 N–H and O–H groups in total. The maximum Gasteiger partial charge on any atom is 0.247 e. The molecule has 0 unspecified atom stereocenters. The number of aliphatic hydroxyl groups excluding tert-OH is 3. The first-order valence-corrected chi connectivity index (χ1v) is 15.0. The Morgan fingerprint density at radius 3 is 2.61 bits per heavy atom. The van der Waals surface area contributed by atoms with Gasteiger partial charge in [-0.05, 0) is 56.4 Å². The number of aliphatic hydroxyl groups is 3. The van der Waals surface area contributed by atoms with E-state index in [1.807, 2.05) is 13.8 Å². The average Bonchev–Trinajstić information content (AvgIpc) is 3.63. The zero-order valence-electron chi connectivity index (χ0n) is 24.5. The Bertz CT molecular complexity index is 1080. The number of methoxy groups -OCH3 is 1. The predicted molar refractivity (Wildman–Crippen MR) is 153 cm³/mol. The summed E-state index contributed by atoms with van der Waals surface area (Å²) in [7, 11) is 1.50. The van der Waals surface area contributed by atoms with Crippen molar-refractivity contribution in [3.8, 4) is 11.5 Å². The van der Waals surface area contributed by atoms with Crippen molar-refractivity contribution in [2.45, 2.75) is 95.7 Å². The second-order valence-corrected chi connectivity index (χ2v) is 11.6. The first-order valence-electron chi connectivity index (χ1n) is 15.0. The van der Waals surface area contributed by atoms with Gasteiger partial charge in [-0.25, -0.2) is 0 Å². The van der Waals surface area contributed by atoms with Crippen LogP contribution in [0.1, 0.15) is 75.8 Å². The van der Waals surface area contributed by atoms with Gasteiger partial charge in [-0.15, -0.1) is 0 Å². The van der Waals surface area contributed by atoms with Crippen LogP contribution in [0.15, 0.2) is 23.8 Å². The van der Waals surface area contributed by atoms with Crippen LogP contribution in [0.4, 0.5) is 0 Å². The molecule has 2 aliphatic carbocycles. The quantitative estimate of drug-likeness (QED) is 0.249. The van der Waals surface area contributed by atoms with E-state index in [0.29, 0.717) is 60.1 Å². The number of rotatable bonds is 14. The molecule has 1 fully saturated rings. The molecular weight excluding hydrogens is 528 g/mol. The first kappa shape index (κ1) is 31.3. The van der Waals surface area contributed by atoms with Crippen LogP contribution in [-0.4, -0.2) is 89.8 Å². The van der Waals surface area contributed by atoms with Gasteiger partial charge >= 0.3 is 0 Å². The Labute approximate surface area is 242 Å². The van der Waals surface area contributed by atoms with Gasteiger partial charge in [0.05, 0.1) is 38.4 Å². The van der Waals surface area contributed by atoms with Crippen molar-refractivity contribution in [3.05, 3.63) is 34.9 Å². The van der Waals surface area contributed by atoms with Gasteiger partial charge in [0, 0.05) is 37.3 Å². The molecule has 2 amide bonds. The molecule has 1 aromatic carbocycles. The van der Waals surface area contributed by atoms with Crippen LogP contribution in [0.5, 0.6) is 11.5 Å². The number of nitrogens with zero attached hydrogens (tertiary/aromatic N) is 1. The third-order valence-electron chi connectivity index (χ3n) is 8.41. The minimum atomic E-state index is -1.12. The Morgan fingerprint density at radius 1 is 1.20 bits per heavy atom. The molecule has 41 heavy (non-hydrogen) atoms. The summed E-state index contributed by atoms with van der Waals surface area (Å²) in [6.45, 7) is 4.35. The summed E-state index contributed by atoms with van der Waals surface area (Å²) in [6, 6.07) is 2.64. The van der Waals surface area contributed by atoms with Crippen LogP contribution in [0.3, 0.4) is 0 Å². The minimum Gasteiger partial charge on any atom is -0.493 e. The van der Waals surface area contributed by atoms with Crippen LogP contribution < -0.4 is 14.8 Å². The molecule has 4 atom stereocenters. The molecule has 3 aliphatic rings. The molecule has 1 saturated carbocycles. The smallest absolute Gasteiger partial charge is 0.247 e. The Morgan fingerprint density at radius 2 is 1.95 bits per heavy atom. The molecule has 228 valence electrons. The van der Waals surface area contributed by atoms with Gasteiger partial charge in [0.1, 0.15) is 12.2 Å². The second-order valence-electron chi connectivity index (χ2n) is 11.6. The SMILES string of the molecule is COc1cc(CO)cc2c1O[C@@H]1[C@@H](O)[C@H](N(CCCOC(C)C)C(=O)CCC3CCCC3)C=C(C(=O)NCCO)[C@H]21. The van der Waals surface area contributed by atoms with E-state index in [-0.39, 0.29) is 31.8 Å². The van der Waals surface area contributed by atoms with E-state index in [4.69, 9.17) is 14.2 Å². The lowest BCUT2D eigenvalue weighted by Crippen LogP contribution is -2.56. The van der Waals surface area contributed by atoms with Gasteiger partial charge in [0.25, 0.3) is 0 Å². The standard InChI is InChI=1S/C31H46N2O8/c1-19(2)40-14-6-12-33(26(36)10-9-20-7-4-5-8-20)24-17-23(31(38)32-11-13-34)27-22-15-21(18-35)16-25(39-3)29(22)41-30(27)28(24)37/h15-17,19-20,24,27-28,30,34-35,37H,4-14,18H2,1-3H3,(H,32,38)/t24-,27+,28+,30+/m1/s1. The lowest BCUT2D eigenvalue weighted by atomic mass is 9.77. The van der Waals surface area contributed by atoms with Crippen molar-refractivity contribution in [3.63, 3.8) is 0 Å². The third kappa shape index (κ3) is 7.23. The maximum absolute atomic E-state index is 13.7. The summed E-state index contributed by atoms with van der Waals surface area (Å²) in [6.07, 6.45) is 6.24. The summed E-state index contributed by atoms with van der Waals surface area (Å²) in [5.74, 6) is 0.236. The summed E-state index contributed by atoms with van der Waals surface area (Å²) >= 11 is 0. The minimum absolute atomic E-state index is 0.0606. The van der Waals surface area contributed by atoms with Crippen molar-refractivity contribution < 1.29 is 39.1 Å². The number of fused-ring (bicyclic) bond motifs is 3. The molecule has 0 radical (unpaired) electrons. The number of hydrogen-bond acceptors (Lipinski definition) is 8. The number of ether oxygens (including phenoxy) is 3. The molecule has 0 aromatic heterocycles. The van der Waals surface area contributed by atoms with E-state index in [2.05, 4.69) is 5.32 Å². The molecular formula is C31H46N2O8. The van der Waals surface area contributed by atoms with Crippen LogP contribution in [-0.2, 0) is 20.9 Å². The van der Waals surface area contributed by atoms with Crippen LogP contribution in [0.25, 0.3) is 0 Å². The molecule has 0 bridgehead atoms. The predicted octanol–water partition coefficient (Wildman–Crippen LogP) is 2.42. The summed E-state index contributed by atoms with van der Waals surface area (Å²) in [4.78, 5) is 28.9. The number of carbonyl (C=O) groups excluding carboxylic acids is 2. The van der Waals surface area contributed by atoms with E-state index >= 15 is 0 Å². The zero-order valence-corrected chi connectivity index (χ0v) is 24.5. The highest BCUT2D eigenvalue weighted by Gasteiger charge is 2.51. The van der Waals surface area contributed by atoms with Crippen molar-refractivity contribution in [1.82, 2.24) is 10.2 Å². The Hall–Kier alpha value is -2.66. The summed E-state index contributed by atoms with van der Waals surface area (Å²) < 4.78 is 17.6. The molecule has 4 rings (SSSR count). The van der Waals surface area contributed by atoms with Crippen molar-refractivity contribution in [1.29, 1.82) is 0 Å². The lowest BCUT2D eigenvalue weighted by molar-refractivity contribution is -0.137. The molecule has 1 aliphatic heterocycles. The van der Waals surface area contributed by atoms with E-state index in [9.17, 15) is 24.9 Å². The fourth-order valence-corrected chi connectivity index (χ4v) is 6.38. The summed E-state index contributed by atoms with van der Waals surface area (Å²) in [5.41, 5.74) is 1.57. The van der Waals surface area contributed by atoms with Crippen molar-refractivity contribution in [2.75, 3.05) is 33.4 Å². The highest BCUT2D eigenvalue weighted by molar-refractivity contribution is 5.96. The number of nitrogens with one attached hydrogen (secondary N) is 1. The Kier molecular flexibility index (Phi) is 11.1. The fraction of sp³-hybridized carbons (Fsp3) is 0.677. The monoisotopic (exact) mass is 574 g/mol. The van der Waals surface area contributed by atoms with Crippen LogP contribution in [0.2, 0.25) is 0 Å². The molecule has 0 spiro atoms. The molecule has 1 heterocycles. The topological polar surface area (TPSA) is 138 Å². The normalized spacial score (nSPS) is 23.5. The fourth-order valence-electron chi connectivity index (χ4n) is 6.38. The molecule has 0 saturated heterocycles. The average molecular weight is 575 g/mol. The Balaban J connectivity index is 1.68. The number of hydrogen-bond donors (Lipinski definition) is 4. The first-order chi connectivity index (χ1) is 19.8. The van der Waals surface area contributed by atoms with Crippen molar-refractivity contribution >= 4 is 11.8 Å².